The summed E-state index contributed by atoms with van der Waals surface area (Å²) >= 11 is 0. The van der Waals surface area contributed by atoms with Gasteiger partial charge in [-0.1, -0.05) is 66.7 Å². The van der Waals surface area contributed by atoms with E-state index in [1.165, 1.54) is 6.21 Å². The van der Waals surface area contributed by atoms with Crippen LogP contribution in [0.1, 0.15) is 17.2 Å². The molecule has 1 amide bonds. The standard InChI is InChI=1S/C17H16N2O2/c20-16(15-11-5-2-6-12-15)17(21)19-18-13-7-10-14-8-3-1-4-9-14/h1-13,16,20H,(H,19,21). The van der Waals surface area contributed by atoms with Crippen molar-refractivity contribution in [2.45, 2.75) is 6.10 Å². The minimum absolute atomic E-state index is 0.532. The Bertz CT molecular complexity index is 622. The van der Waals surface area contributed by atoms with Crippen LogP contribution in [0.15, 0.2) is 71.8 Å². The molecule has 0 heterocycles. The molecule has 106 valence electrons. The third-order valence-electron chi connectivity index (χ3n) is 2.79. The van der Waals surface area contributed by atoms with E-state index in [-0.39, 0.29) is 0 Å². The van der Waals surface area contributed by atoms with Gasteiger partial charge in [-0.05, 0) is 17.2 Å². The second kappa shape index (κ2) is 7.77. The molecule has 4 nitrogen and oxygen atoms in total. The third-order valence-corrected chi connectivity index (χ3v) is 2.79. The van der Waals surface area contributed by atoms with Crippen molar-refractivity contribution in [1.82, 2.24) is 5.43 Å². The van der Waals surface area contributed by atoms with Crippen molar-refractivity contribution in [1.29, 1.82) is 0 Å². The smallest absolute Gasteiger partial charge is 0.273 e. The Hall–Kier alpha value is -2.72. The van der Waals surface area contributed by atoms with Crippen molar-refractivity contribution >= 4 is 18.2 Å². The average Bonchev–Trinajstić information content (AvgIpc) is 2.55. The van der Waals surface area contributed by atoms with Gasteiger partial charge in [0.2, 0.25) is 0 Å². The first-order valence-electron chi connectivity index (χ1n) is 6.55. The maximum absolute atomic E-state index is 11.7. The first-order chi connectivity index (χ1) is 10.3. The molecule has 0 spiro atoms. The second-order valence-corrected chi connectivity index (χ2v) is 4.34. The molecule has 0 saturated carbocycles. The van der Waals surface area contributed by atoms with Crippen LogP contribution in [-0.2, 0) is 4.79 Å². The highest BCUT2D eigenvalue weighted by Gasteiger charge is 2.15. The molecule has 0 bridgehead atoms. The fourth-order valence-corrected chi connectivity index (χ4v) is 1.71. The van der Waals surface area contributed by atoms with Crippen molar-refractivity contribution in [3.05, 3.63) is 77.9 Å². The molecule has 0 saturated heterocycles. The Morgan fingerprint density at radius 3 is 2.33 bits per heavy atom. The van der Waals surface area contributed by atoms with Gasteiger partial charge in [0.15, 0.2) is 6.10 Å². The number of aliphatic hydroxyl groups excluding tert-OH is 1. The second-order valence-electron chi connectivity index (χ2n) is 4.34. The number of hydrogen-bond acceptors (Lipinski definition) is 3. The summed E-state index contributed by atoms with van der Waals surface area (Å²) in [7, 11) is 0. The van der Waals surface area contributed by atoms with Crippen molar-refractivity contribution in [3.63, 3.8) is 0 Å². The molecular weight excluding hydrogens is 264 g/mol. The minimum Gasteiger partial charge on any atom is -0.378 e. The van der Waals surface area contributed by atoms with E-state index in [9.17, 15) is 9.90 Å². The average molecular weight is 280 g/mol. The molecule has 2 aromatic carbocycles. The Kier molecular flexibility index (Phi) is 5.43. The van der Waals surface area contributed by atoms with Gasteiger partial charge in [0, 0.05) is 6.21 Å². The fraction of sp³-hybridized carbons (Fsp3) is 0.0588. The lowest BCUT2D eigenvalue weighted by Crippen LogP contribution is -2.24. The van der Waals surface area contributed by atoms with E-state index in [0.29, 0.717) is 5.56 Å². The number of nitrogens with one attached hydrogen (secondary N) is 1. The number of carbonyl (C=O) groups excluding carboxylic acids is 1. The number of carbonyl (C=O) groups is 1. The van der Waals surface area contributed by atoms with E-state index in [1.807, 2.05) is 42.5 Å². The Morgan fingerprint density at radius 1 is 1.05 bits per heavy atom. The Balaban J connectivity index is 1.84. The molecule has 21 heavy (non-hydrogen) atoms. The maximum Gasteiger partial charge on any atom is 0.273 e. The lowest BCUT2D eigenvalue weighted by molar-refractivity contribution is -0.129. The van der Waals surface area contributed by atoms with Crippen LogP contribution in [0.2, 0.25) is 0 Å². The summed E-state index contributed by atoms with van der Waals surface area (Å²) in [5.41, 5.74) is 3.87. The van der Waals surface area contributed by atoms with E-state index in [4.69, 9.17) is 0 Å². The maximum atomic E-state index is 11.7. The number of nitrogens with zero attached hydrogens (tertiary/aromatic N) is 1. The van der Waals surface area contributed by atoms with Crippen molar-refractivity contribution in [3.8, 4) is 0 Å². The van der Waals surface area contributed by atoms with Crippen LogP contribution < -0.4 is 5.43 Å². The minimum atomic E-state index is -1.22. The van der Waals surface area contributed by atoms with Crippen LogP contribution in [0.3, 0.4) is 0 Å². The zero-order valence-corrected chi connectivity index (χ0v) is 11.4. The molecule has 0 fully saturated rings. The van der Waals surface area contributed by atoms with Gasteiger partial charge in [0.1, 0.15) is 0 Å². The van der Waals surface area contributed by atoms with Gasteiger partial charge in [-0.2, -0.15) is 5.10 Å². The number of hydrogen-bond donors (Lipinski definition) is 2. The zero-order valence-electron chi connectivity index (χ0n) is 11.4. The SMILES string of the molecule is O=C(NN=CC=Cc1ccccc1)C(O)c1ccccc1. The lowest BCUT2D eigenvalue weighted by atomic mass is 10.1. The predicted octanol–water partition coefficient (Wildman–Crippen LogP) is 2.54. The number of aliphatic hydroxyl groups is 1. The number of benzene rings is 2. The summed E-state index contributed by atoms with van der Waals surface area (Å²) in [6.07, 6.45) is 3.82. The molecule has 4 heteroatoms. The Morgan fingerprint density at radius 2 is 1.67 bits per heavy atom. The first-order valence-corrected chi connectivity index (χ1v) is 6.55. The summed E-state index contributed by atoms with van der Waals surface area (Å²) in [4.78, 5) is 11.7. The van der Waals surface area contributed by atoms with E-state index in [1.54, 1.807) is 30.3 Å². The number of rotatable bonds is 5. The molecule has 0 aliphatic heterocycles. The van der Waals surface area contributed by atoms with Crippen LogP contribution in [-0.4, -0.2) is 17.2 Å². The van der Waals surface area contributed by atoms with Gasteiger partial charge >= 0.3 is 0 Å². The number of allylic oxidation sites excluding steroid dienone is 1. The van der Waals surface area contributed by atoms with E-state index >= 15 is 0 Å². The number of hydrazone groups is 1. The van der Waals surface area contributed by atoms with Crippen LogP contribution in [0.4, 0.5) is 0 Å². The fourth-order valence-electron chi connectivity index (χ4n) is 1.71. The van der Waals surface area contributed by atoms with Crippen molar-refractivity contribution in [2.24, 2.45) is 5.10 Å². The molecule has 0 aliphatic rings. The molecule has 0 aliphatic carbocycles. The molecule has 2 N–H and O–H groups in total. The zero-order chi connectivity index (χ0) is 14.9. The van der Waals surface area contributed by atoms with Gasteiger partial charge in [0.25, 0.3) is 5.91 Å². The number of amides is 1. The van der Waals surface area contributed by atoms with E-state index in [0.717, 1.165) is 5.56 Å². The highest BCUT2D eigenvalue weighted by molar-refractivity contribution is 5.84. The highest BCUT2D eigenvalue weighted by Crippen LogP contribution is 2.11. The largest absolute Gasteiger partial charge is 0.378 e. The molecule has 2 rings (SSSR count). The topological polar surface area (TPSA) is 61.7 Å². The van der Waals surface area contributed by atoms with Crippen LogP contribution in [0.5, 0.6) is 0 Å². The third kappa shape index (κ3) is 4.71. The monoisotopic (exact) mass is 280 g/mol. The molecule has 1 atom stereocenters. The Labute approximate surface area is 123 Å². The predicted molar refractivity (Wildman–Crippen MR) is 83.5 cm³/mol. The lowest BCUT2D eigenvalue weighted by Gasteiger charge is -2.08. The molecular formula is C17H16N2O2. The quantitative estimate of drug-likeness (QED) is 0.653. The van der Waals surface area contributed by atoms with Gasteiger partial charge < -0.3 is 5.11 Å². The van der Waals surface area contributed by atoms with Gasteiger partial charge in [-0.15, -0.1) is 0 Å². The first kappa shape index (κ1) is 14.7. The summed E-state index contributed by atoms with van der Waals surface area (Å²) in [6, 6.07) is 18.5. The van der Waals surface area contributed by atoms with Crippen molar-refractivity contribution < 1.29 is 9.90 Å². The summed E-state index contributed by atoms with van der Waals surface area (Å²) in [5.74, 6) is -0.564. The van der Waals surface area contributed by atoms with Crippen LogP contribution in [0.25, 0.3) is 6.08 Å². The normalized spacial score (nSPS) is 12.6. The summed E-state index contributed by atoms with van der Waals surface area (Å²) < 4.78 is 0. The molecule has 0 radical (unpaired) electrons. The van der Waals surface area contributed by atoms with E-state index in [2.05, 4.69) is 10.5 Å². The highest BCUT2D eigenvalue weighted by atomic mass is 16.3. The molecule has 2 aromatic rings. The van der Waals surface area contributed by atoms with E-state index < -0.39 is 12.0 Å². The van der Waals surface area contributed by atoms with Crippen LogP contribution >= 0.6 is 0 Å². The van der Waals surface area contributed by atoms with Crippen LogP contribution in [0, 0.1) is 0 Å². The van der Waals surface area contributed by atoms with Gasteiger partial charge in [-0.25, -0.2) is 5.43 Å². The molecule has 0 aromatic heterocycles. The summed E-state index contributed by atoms with van der Waals surface area (Å²) in [5, 5.41) is 13.6. The van der Waals surface area contributed by atoms with Gasteiger partial charge in [-0.3, -0.25) is 4.79 Å². The molecule has 1 unspecified atom stereocenters. The summed E-state index contributed by atoms with van der Waals surface area (Å²) in [6.45, 7) is 0. The van der Waals surface area contributed by atoms with Crippen molar-refractivity contribution in [2.75, 3.05) is 0 Å². The van der Waals surface area contributed by atoms with Gasteiger partial charge in [0.05, 0.1) is 0 Å².